The lowest BCUT2D eigenvalue weighted by atomic mass is 9.77. The van der Waals surface area contributed by atoms with Crippen molar-refractivity contribution in [1.29, 1.82) is 0 Å². The largest absolute Gasteiger partial charge is 0.504 e. The molecule has 64 heavy (non-hydrogen) atoms. The highest BCUT2D eigenvalue weighted by atomic mass is 19.1. The molecule has 7 rings (SSSR count). The van der Waals surface area contributed by atoms with Crippen LogP contribution >= 0.6 is 0 Å². The SMILES string of the molecule is COc1ccc(NC(=O)[C@H](CCC(=O)NC(c2ccccc2)(c2ccccc2)c2ccccc2)NC(=O)c2ccc(OCc3ccc(F)cc3)c(OCc3ccc(F)cc3)c2)cc1O. The van der Waals surface area contributed by atoms with E-state index in [1.54, 1.807) is 24.3 Å². The van der Waals surface area contributed by atoms with Crippen LogP contribution in [0, 0.1) is 11.6 Å². The first-order chi connectivity index (χ1) is 31.1. The van der Waals surface area contributed by atoms with Crippen LogP contribution in [0.2, 0.25) is 0 Å². The first-order valence-electron chi connectivity index (χ1n) is 20.5. The zero-order valence-corrected chi connectivity index (χ0v) is 34.8. The Balaban J connectivity index is 1.16. The predicted octanol–water partition coefficient (Wildman–Crippen LogP) is 9.46. The smallest absolute Gasteiger partial charge is 0.252 e. The molecule has 0 aliphatic rings. The maximum absolute atomic E-state index is 14.3. The highest BCUT2D eigenvalue weighted by molar-refractivity contribution is 6.01. The number of carbonyl (C=O) groups is 3. The van der Waals surface area contributed by atoms with E-state index in [9.17, 15) is 28.3 Å². The number of aromatic hydroxyl groups is 1. The molecule has 0 fully saturated rings. The number of methoxy groups -OCH3 is 1. The van der Waals surface area contributed by atoms with Crippen molar-refractivity contribution in [2.45, 2.75) is 37.6 Å². The van der Waals surface area contributed by atoms with E-state index in [1.165, 1.54) is 67.8 Å². The molecule has 0 saturated carbocycles. The third kappa shape index (κ3) is 10.9. The van der Waals surface area contributed by atoms with Crippen LogP contribution in [-0.4, -0.2) is 36.0 Å². The van der Waals surface area contributed by atoms with Gasteiger partial charge in [-0.1, -0.05) is 115 Å². The molecule has 0 bridgehead atoms. The van der Waals surface area contributed by atoms with E-state index in [2.05, 4.69) is 16.0 Å². The average molecular weight is 862 g/mol. The van der Waals surface area contributed by atoms with E-state index in [0.717, 1.165) is 16.7 Å². The van der Waals surface area contributed by atoms with Gasteiger partial charge in [0.15, 0.2) is 23.0 Å². The molecule has 4 N–H and O–H groups in total. The molecule has 324 valence electrons. The van der Waals surface area contributed by atoms with Crippen LogP contribution in [0.3, 0.4) is 0 Å². The van der Waals surface area contributed by atoms with Gasteiger partial charge in [0, 0.05) is 23.7 Å². The van der Waals surface area contributed by atoms with Crippen LogP contribution in [0.1, 0.15) is 51.0 Å². The van der Waals surface area contributed by atoms with Crippen molar-refractivity contribution >= 4 is 23.4 Å². The van der Waals surface area contributed by atoms with Crippen LogP contribution in [0.4, 0.5) is 14.5 Å². The second kappa shape index (κ2) is 20.7. The number of carbonyl (C=O) groups excluding carboxylic acids is 3. The zero-order chi connectivity index (χ0) is 44.9. The standard InChI is InChI=1S/C52H45F2N3O7/c1-62-46-29-26-43(32-45(46)58)55-51(61)44(27-30-49(59)57-52(38-11-5-2-6-12-38,39-13-7-3-8-14-39)40-15-9-4-10-16-40)56-50(60)37-21-28-47(63-33-35-17-22-41(53)23-18-35)48(31-37)64-34-36-19-24-42(54)25-20-36/h2-26,28-29,31-32,44,58H,27,30,33-34H2,1H3,(H,55,61)(H,56,60)(H,57,59)/t44-/m0/s1. The zero-order valence-electron chi connectivity index (χ0n) is 34.8. The summed E-state index contributed by atoms with van der Waals surface area (Å²) in [6, 6.07) is 47.8. The van der Waals surface area contributed by atoms with Gasteiger partial charge in [-0.3, -0.25) is 14.4 Å². The lowest BCUT2D eigenvalue weighted by Crippen LogP contribution is -2.49. The van der Waals surface area contributed by atoms with E-state index >= 15 is 0 Å². The summed E-state index contributed by atoms with van der Waals surface area (Å²) in [5.41, 5.74) is 2.97. The lowest BCUT2D eigenvalue weighted by Gasteiger charge is -2.37. The summed E-state index contributed by atoms with van der Waals surface area (Å²) in [6.45, 7) is 0.0631. The van der Waals surface area contributed by atoms with E-state index in [-0.39, 0.29) is 60.3 Å². The Labute approximate surface area is 369 Å². The van der Waals surface area contributed by atoms with Crippen molar-refractivity contribution in [2.24, 2.45) is 0 Å². The molecule has 0 spiro atoms. The van der Waals surface area contributed by atoms with Crippen molar-refractivity contribution in [2.75, 3.05) is 12.4 Å². The third-order valence-electron chi connectivity index (χ3n) is 10.5. The topological polar surface area (TPSA) is 135 Å². The highest BCUT2D eigenvalue weighted by Crippen LogP contribution is 2.37. The fraction of sp³-hybridized carbons (Fsp3) is 0.135. The number of benzene rings is 7. The quantitative estimate of drug-likeness (QED) is 0.0632. The fourth-order valence-electron chi connectivity index (χ4n) is 7.20. The highest BCUT2D eigenvalue weighted by Gasteiger charge is 2.38. The molecular formula is C52H45F2N3O7. The first-order valence-corrected chi connectivity index (χ1v) is 20.5. The molecule has 0 unspecified atom stereocenters. The maximum Gasteiger partial charge on any atom is 0.252 e. The van der Waals surface area contributed by atoms with Gasteiger partial charge in [-0.15, -0.1) is 0 Å². The van der Waals surface area contributed by atoms with Gasteiger partial charge in [-0.2, -0.15) is 0 Å². The van der Waals surface area contributed by atoms with Gasteiger partial charge in [0.05, 0.1) is 7.11 Å². The number of anilines is 1. The number of phenolic OH excluding ortho intramolecular Hbond substituents is 1. The summed E-state index contributed by atoms with van der Waals surface area (Å²) in [5, 5.41) is 19.3. The lowest BCUT2D eigenvalue weighted by molar-refractivity contribution is -0.123. The summed E-state index contributed by atoms with van der Waals surface area (Å²) in [5.74, 6) is -2.09. The molecule has 1 atom stereocenters. The summed E-state index contributed by atoms with van der Waals surface area (Å²) in [4.78, 5) is 42.6. The second-order valence-electron chi connectivity index (χ2n) is 14.8. The molecular weight excluding hydrogens is 817 g/mol. The van der Waals surface area contributed by atoms with Crippen molar-refractivity contribution in [3.05, 3.63) is 221 Å². The van der Waals surface area contributed by atoms with E-state index < -0.39 is 40.9 Å². The van der Waals surface area contributed by atoms with Crippen LogP contribution in [0.5, 0.6) is 23.0 Å². The molecule has 0 aliphatic heterocycles. The summed E-state index contributed by atoms with van der Waals surface area (Å²) in [7, 11) is 1.40. The van der Waals surface area contributed by atoms with Gasteiger partial charge < -0.3 is 35.3 Å². The van der Waals surface area contributed by atoms with Crippen molar-refractivity contribution in [3.63, 3.8) is 0 Å². The Hall–Kier alpha value is -7.99. The molecule has 0 aliphatic carbocycles. The van der Waals surface area contributed by atoms with Crippen LogP contribution in [0.25, 0.3) is 0 Å². The van der Waals surface area contributed by atoms with E-state index in [1.807, 2.05) is 91.0 Å². The van der Waals surface area contributed by atoms with Crippen molar-refractivity contribution < 1.29 is 42.5 Å². The number of ether oxygens (including phenoxy) is 3. The summed E-state index contributed by atoms with van der Waals surface area (Å²) in [6.07, 6.45) is -0.324. The number of nitrogens with one attached hydrogen (secondary N) is 3. The minimum atomic E-state index is -1.26. The Morgan fingerprint density at radius 2 is 1.11 bits per heavy atom. The number of hydrogen-bond donors (Lipinski definition) is 4. The van der Waals surface area contributed by atoms with Gasteiger partial charge in [0.2, 0.25) is 11.8 Å². The van der Waals surface area contributed by atoms with E-state index in [4.69, 9.17) is 14.2 Å². The van der Waals surface area contributed by atoms with Crippen LogP contribution in [0.15, 0.2) is 176 Å². The Kier molecular flexibility index (Phi) is 14.3. The molecule has 7 aromatic rings. The van der Waals surface area contributed by atoms with E-state index in [0.29, 0.717) is 11.1 Å². The summed E-state index contributed by atoms with van der Waals surface area (Å²) < 4.78 is 44.5. The van der Waals surface area contributed by atoms with Crippen LogP contribution in [-0.2, 0) is 28.3 Å². The molecule has 12 heteroatoms. The number of rotatable bonds is 18. The maximum atomic E-state index is 14.3. The van der Waals surface area contributed by atoms with Gasteiger partial charge in [0.25, 0.3) is 5.91 Å². The molecule has 7 aromatic carbocycles. The van der Waals surface area contributed by atoms with Gasteiger partial charge in [-0.25, -0.2) is 8.78 Å². The Bertz CT molecular complexity index is 2570. The first kappa shape index (κ1) is 44.1. The monoisotopic (exact) mass is 861 g/mol. The van der Waals surface area contributed by atoms with Crippen molar-refractivity contribution in [3.8, 4) is 23.0 Å². The van der Waals surface area contributed by atoms with Gasteiger partial charge in [-0.05, 0) is 88.8 Å². The van der Waals surface area contributed by atoms with Gasteiger partial charge >= 0.3 is 0 Å². The number of amides is 3. The molecule has 0 saturated heterocycles. The Morgan fingerprint density at radius 1 is 0.609 bits per heavy atom. The minimum Gasteiger partial charge on any atom is -0.504 e. The van der Waals surface area contributed by atoms with Gasteiger partial charge in [0.1, 0.15) is 36.4 Å². The summed E-state index contributed by atoms with van der Waals surface area (Å²) >= 11 is 0. The molecule has 0 radical (unpaired) electrons. The minimum absolute atomic E-state index is 0.00352. The molecule has 3 amide bonds. The number of phenols is 1. The average Bonchev–Trinajstić information content (AvgIpc) is 3.32. The molecule has 0 heterocycles. The number of halogens is 2. The normalized spacial score (nSPS) is 11.5. The predicted molar refractivity (Wildman–Crippen MR) is 239 cm³/mol. The number of hydrogen-bond acceptors (Lipinski definition) is 7. The molecule has 0 aromatic heterocycles. The fourth-order valence-corrected chi connectivity index (χ4v) is 7.20. The molecule has 10 nitrogen and oxygen atoms in total. The van der Waals surface area contributed by atoms with Crippen molar-refractivity contribution in [1.82, 2.24) is 10.6 Å². The Morgan fingerprint density at radius 3 is 1.61 bits per heavy atom. The third-order valence-corrected chi connectivity index (χ3v) is 10.5. The second-order valence-corrected chi connectivity index (χ2v) is 14.8. The van der Waals surface area contributed by atoms with Crippen LogP contribution < -0.4 is 30.2 Å².